The van der Waals surface area contributed by atoms with Crippen LogP contribution in [0.25, 0.3) is 0 Å². The Kier molecular flexibility index (Phi) is 3.71. The summed E-state index contributed by atoms with van der Waals surface area (Å²) in [5.74, 6) is 0. The molecule has 1 unspecified atom stereocenters. The van der Waals surface area contributed by atoms with Crippen molar-refractivity contribution in [2.45, 2.75) is 19.4 Å². The van der Waals surface area contributed by atoms with E-state index in [4.69, 9.17) is 10.5 Å². The van der Waals surface area contributed by atoms with Gasteiger partial charge in [0, 0.05) is 12.7 Å². The minimum absolute atomic E-state index is 0.140. The second kappa shape index (κ2) is 5.02. The molecule has 0 bridgehead atoms. The summed E-state index contributed by atoms with van der Waals surface area (Å²) in [7, 11) is 1.87. The van der Waals surface area contributed by atoms with E-state index in [1.807, 2.05) is 31.0 Å². The highest BCUT2D eigenvalue weighted by atomic mass is 15.1. The fraction of sp³-hybridized carbons (Fsp3) is 0.333. The highest BCUT2D eigenvalue weighted by Crippen LogP contribution is 2.17. The van der Waals surface area contributed by atoms with E-state index in [0.29, 0.717) is 5.56 Å². The first-order valence-electron chi connectivity index (χ1n) is 4.85. The molecule has 0 saturated heterocycles. The van der Waals surface area contributed by atoms with Crippen molar-refractivity contribution in [3.8, 4) is 12.1 Å². The average molecular weight is 199 g/mol. The quantitative estimate of drug-likeness (QED) is 0.750. The third-order valence-electron chi connectivity index (χ3n) is 2.39. The number of nitrogens with zero attached hydrogens (tertiary/aromatic N) is 3. The number of hydrogen-bond acceptors (Lipinski definition) is 3. The van der Waals surface area contributed by atoms with Gasteiger partial charge in [-0.05, 0) is 24.6 Å². The summed E-state index contributed by atoms with van der Waals surface area (Å²) in [5.41, 5.74) is 1.52. The Morgan fingerprint density at radius 1 is 1.40 bits per heavy atom. The molecule has 0 aliphatic carbocycles. The zero-order valence-electron chi connectivity index (χ0n) is 8.94. The van der Waals surface area contributed by atoms with E-state index in [1.54, 1.807) is 12.1 Å². The van der Waals surface area contributed by atoms with E-state index in [9.17, 15) is 0 Å². The van der Waals surface area contributed by atoms with Gasteiger partial charge in [0.2, 0.25) is 0 Å². The van der Waals surface area contributed by atoms with Crippen LogP contribution in [0.4, 0.5) is 5.69 Å². The van der Waals surface area contributed by atoms with E-state index in [0.717, 1.165) is 12.1 Å². The van der Waals surface area contributed by atoms with Crippen LogP contribution in [0, 0.1) is 22.7 Å². The third kappa shape index (κ3) is 2.48. The van der Waals surface area contributed by atoms with Gasteiger partial charge in [0.25, 0.3) is 0 Å². The normalized spacial score (nSPS) is 11.2. The molecule has 0 aliphatic rings. The first-order chi connectivity index (χ1) is 7.22. The topological polar surface area (TPSA) is 50.8 Å². The van der Waals surface area contributed by atoms with Gasteiger partial charge in [0.15, 0.2) is 0 Å². The Morgan fingerprint density at radius 2 is 2.13 bits per heavy atom. The van der Waals surface area contributed by atoms with Crippen molar-refractivity contribution in [3.05, 3.63) is 29.8 Å². The number of anilines is 1. The molecule has 3 heteroatoms. The fourth-order valence-electron chi connectivity index (χ4n) is 1.43. The maximum atomic E-state index is 8.93. The zero-order valence-corrected chi connectivity index (χ0v) is 8.94. The summed E-state index contributed by atoms with van der Waals surface area (Å²) < 4.78 is 0. The Balaban J connectivity index is 2.97. The van der Waals surface area contributed by atoms with Gasteiger partial charge in [-0.25, -0.2) is 0 Å². The zero-order chi connectivity index (χ0) is 11.3. The van der Waals surface area contributed by atoms with Gasteiger partial charge >= 0.3 is 0 Å². The van der Waals surface area contributed by atoms with Crippen molar-refractivity contribution < 1.29 is 0 Å². The van der Waals surface area contributed by atoms with E-state index in [-0.39, 0.29) is 6.04 Å². The first kappa shape index (κ1) is 11.1. The Bertz CT molecular complexity index is 412. The molecule has 0 N–H and O–H groups in total. The SMILES string of the molecule is CCC(C#N)N(C)c1cccc(C#N)c1. The minimum atomic E-state index is -0.140. The molecule has 0 aliphatic heterocycles. The Morgan fingerprint density at radius 3 is 2.67 bits per heavy atom. The fourth-order valence-corrected chi connectivity index (χ4v) is 1.43. The largest absolute Gasteiger partial charge is 0.359 e. The van der Waals surface area contributed by atoms with Crippen molar-refractivity contribution in [1.82, 2.24) is 0 Å². The molecule has 1 atom stereocenters. The lowest BCUT2D eigenvalue weighted by Crippen LogP contribution is -2.29. The van der Waals surface area contributed by atoms with Crippen molar-refractivity contribution in [3.63, 3.8) is 0 Å². The molecule has 0 radical (unpaired) electrons. The van der Waals surface area contributed by atoms with Gasteiger partial charge in [-0.1, -0.05) is 13.0 Å². The molecule has 0 aromatic heterocycles. The summed E-state index contributed by atoms with van der Waals surface area (Å²) in [4.78, 5) is 1.89. The molecule has 15 heavy (non-hydrogen) atoms. The first-order valence-corrected chi connectivity index (χ1v) is 4.85. The van der Waals surface area contributed by atoms with E-state index < -0.39 is 0 Å². The van der Waals surface area contributed by atoms with Crippen LogP contribution in [0.15, 0.2) is 24.3 Å². The molecule has 1 rings (SSSR count). The molecular formula is C12H13N3. The highest BCUT2D eigenvalue weighted by Gasteiger charge is 2.11. The maximum Gasteiger partial charge on any atom is 0.116 e. The molecule has 3 nitrogen and oxygen atoms in total. The Labute approximate surface area is 90.2 Å². The van der Waals surface area contributed by atoms with Crippen molar-refractivity contribution in [2.75, 3.05) is 11.9 Å². The predicted octanol–water partition coefficient (Wildman–Crippen LogP) is 2.30. The van der Waals surface area contributed by atoms with Gasteiger partial charge in [0.1, 0.15) is 6.04 Å². The van der Waals surface area contributed by atoms with Gasteiger partial charge in [0.05, 0.1) is 17.7 Å². The summed E-state index contributed by atoms with van der Waals surface area (Å²) in [5, 5.41) is 17.7. The molecule has 0 heterocycles. The molecular weight excluding hydrogens is 186 g/mol. The van der Waals surface area contributed by atoms with Crippen LogP contribution < -0.4 is 4.90 Å². The number of benzene rings is 1. The summed E-state index contributed by atoms with van der Waals surface area (Å²) in [6, 6.07) is 11.5. The molecule has 0 fully saturated rings. The molecule has 76 valence electrons. The van der Waals surface area contributed by atoms with Gasteiger partial charge in [-0.2, -0.15) is 10.5 Å². The van der Waals surface area contributed by atoms with Crippen molar-refractivity contribution >= 4 is 5.69 Å². The van der Waals surface area contributed by atoms with E-state index in [1.165, 1.54) is 0 Å². The third-order valence-corrected chi connectivity index (χ3v) is 2.39. The van der Waals surface area contributed by atoms with Gasteiger partial charge in [-0.15, -0.1) is 0 Å². The molecule has 1 aromatic carbocycles. The summed E-state index contributed by atoms with van der Waals surface area (Å²) >= 11 is 0. The van der Waals surface area contributed by atoms with Crippen molar-refractivity contribution in [2.24, 2.45) is 0 Å². The number of rotatable bonds is 3. The van der Waals surface area contributed by atoms with Crippen LogP contribution in [0.2, 0.25) is 0 Å². The molecule has 0 amide bonds. The van der Waals surface area contributed by atoms with Gasteiger partial charge in [-0.3, -0.25) is 0 Å². The second-order valence-corrected chi connectivity index (χ2v) is 3.33. The summed E-state index contributed by atoms with van der Waals surface area (Å²) in [6.07, 6.45) is 0.768. The molecule has 1 aromatic rings. The second-order valence-electron chi connectivity index (χ2n) is 3.33. The van der Waals surface area contributed by atoms with Crippen LogP contribution in [0.5, 0.6) is 0 Å². The number of hydrogen-bond donors (Lipinski definition) is 0. The van der Waals surface area contributed by atoms with E-state index in [2.05, 4.69) is 12.1 Å². The average Bonchev–Trinajstić information content (AvgIpc) is 2.30. The van der Waals surface area contributed by atoms with E-state index >= 15 is 0 Å². The monoisotopic (exact) mass is 199 g/mol. The van der Waals surface area contributed by atoms with Crippen LogP contribution in [-0.4, -0.2) is 13.1 Å². The molecule has 0 saturated carbocycles. The lowest BCUT2D eigenvalue weighted by molar-refractivity contribution is 0.734. The maximum absolute atomic E-state index is 8.93. The Hall–Kier alpha value is -2.00. The summed E-state index contributed by atoms with van der Waals surface area (Å²) in [6.45, 7) is 1.97. The standard InChI is InChI=1S/C12H13N3/c1-3-11(9-14)15(2)12-6-4-5-10(7-12)8-13/h4-7,11H,3H2,1-2H3. The predicted molar refractivity (Wildman–Crippen MR) is 59.3 cm³/mol. The smallest absolute Gasteiger partial charge is 0.116 e. The number of nitriles is 2. The van der Waals surface area contributed by atoms with Crippen molar-refractivity contribution in [1.29, 1.82) is 10.5 Å². The molecule has 0 spiro atoms. The van der Waals surface area contributed by atoms with Gasteiger partial charge < -0.3 is 4.90 Å². The van der Waals surface area contributed by atoms with Crippen LogP contribution in [-0.2, 0) is 0 Å². The lowest BCUT2D eigenvalue weighted by atomic mass is 10.1. The highest BCUT2D eigenvalue weighted by molar-refractivity contribution is 5.52. The minimum Gasteiger partial charge on any atom is -0.359 e. The van der Waals surface area contributed by atoms with Crippen LogP contribution in [0.3, 0.4) is 0 Å². The lowest BCUT2D eigenvalue weighted by Gasteiger charge is -2.23. The van der Waals surface area contributed by atoms with Crippen LogP contribution in [0.1, 0.15) is 18.9 Å². The van der Waals surface area contributed by atoms with Crippen LogP contribution >= 0.6 is 0 Å².